The molecule has 0 aromatic heterocycles. The molecule has 2 N–H and O–H groups in total. The first-order valence-corrected chi connectivity index (χ1v) is 10.7. The van der Waals surface area contributed by atoms with Gasteiger partial charge in [0.05, 0.1) is 17.6 Å². The maximum Gasteiger partial charge on any atom is 0.261 e. The second-order valence-corrected chi connectivity index (χ2v) is 8.21. The van der Waals surface area contributed by atoms with Crippen LogP contribution in [0.2, 0.25) is 0 Å². The molecule has 0 radical (unpaired) electrons. The van der Waals surface area contributed by atoms with Crippen molar-refractivity contribution < 1.29 is 22.7 Å². The van der Waals surface area contributed by atoms with Gasteiger partial charge in [-0.05, 0) is 55.8 Å². The largest absolute Gasteiger partial charge is 0.496 e. The molecule has 2 amide bonds. The standard InChI is InChI=1S/C20H23N3O5S/c1-3-21-20(25)17-13-16(10-11-18(17)28-2)29(26,27)22-14-6-8-15(9-7-14)23-12-4-5-19(23)24/h6-11,13,22H,3-5,12H2,1-2H3,(H,21,25). The number of nitrogens with one attached hydrogen (secondary N) is 2. The minimum atomic E-state index is -3.92. The summed E-state index contributed by atoms with van der Waals surface area (Å²) in [6.07, 6.45) is 1.35. The van der Waals surface area contributed by atoms with E-state index in [0.717, 1.165) is 12.1 Å². The van der Waals surface area contributed by atoms with E-state index in [1.165, 1.54) is 25.3 Å². The predicted molar refractivity (Wildman–Crippen MR) is 110 cm³/mol. The van der Waals surface area contributed by atoms with Crippen molar-refractivity contribution >= 4 is 33.2 Å². The van der Waals surface area contributed by atoms with Crippen molar-refractivity contribution in [1.29, 1.82) is 0 Å². The summed E-state index contributed by atoms with van der Waals surface area (Å²) in [7, 11) is -2.50. The zero-order valence-electron chi connectivity index (χ0n) is 16.3. The molecule has 0 aliphatic carbocycles. The van der Waals surface area contributed by atoms with Gasteiger partial charge in [-0.15, -0.1) is 0 Å². The summed E-state index contributed by atoms with van der Waals surface area (Å²) >= 11 is 0. The quantitative estimate of drug-likeness (QED) is 0.720. The van der Waals surface area contributed by atoms with Crippen LogP contribution in [0.1, 0.15) is 30.1 Å². The van der Waals surface area contributed by atoms with E-state index in [0.29, 0.717) is 25.2 Å². The Morgan fingerprint density at radius 2 is 1.90 bits per heavy atom. The monoisotopic (exact) mass is 417 g/mol. The molecule has 1 heterocycles. The van der Waals surface area contributed by atoms with E-state index in [1.807, 2.05) is 0 Å². The molecular formula is C20H23N3O5S. The molecule has 8 nitrogen and oxygen atoms in total. The lowest BCUT2D eigenvalue weighted by Crippen LogP contribution is -2.24. The number of hydrogen-bond acceptors (Lipinski definition) is 5. The number of hydrogen-bond donors (Lipinski definition) is 2. The van der Waals surface area contributed by atoms with Crippen LogP contribution in [0.4, 0.5) is 11.4 Å². The first-order chi connectivity index (χ1) is 13.9. The van der Waals surface area contributed by atoms with Gasteiger partial charge in [0.25, 0.3) is 15.9 Å². The van der Waals surface area contributed by atoms with Crippen molar-refractivity contribution in [1.82, 2.24) is 5.32 Å². The molecule has 9 heteroatoms. The Morgan fingerprint density at radius 3 is 2.48 bits per heavy atom. The second kappa shape index (κ2) is 8.52. The molecule has 3 rings (SSSR count). The molecular weight excluding hydrogens is 394 g/mol. The number of ether oxygens (including phenoxy) is 1. The molecule has 0 atom stereocenters. The van der Waals surface area contributed by atoms with Crippen molar-refractivity contribution in [2.24, 2.45) is 0 Å². The van der Waals surface area contributed by atoms with Gasteiger partial charge in [0.2, 0.25) is 5.91 Å². The van der Waals surface area contributed by atoms with Crippen LogP contribution in [0.25, 0.3) is 0 Å². The van der Waals surface area contributed by atoms with Gasteiger partial charge in [0.1, 0.15) is 5.75 Å². The van der Waals surface area contributed by atoms with Crippen LogP contribution in [0, 0.1) is 0 Å². The average Bonchev–Trinajstić information content (AvgIpc) is 3.14. The van der Waals surface area contributed by atoms with E-state index in [2.05, 4.69) is 10.0 Å². The first-order valence-electron chi connectivity index (χ1n) is 9.25. The van der Waals surface area contributed by atoms with Crippen LogP contribution in [0.5, 0.6) is 5.75 Å². The van der Waals surface area contributed by atoms with E-state index >= 15 is 0 Å². The van der Waals surface area contributed by atoms with Crippen molar-refractivity contribution in [2.75, 3.05) is 29.8 Å². The predicted octanol–water partition coefficient (Wildman–Crippen LogP) is 2.37. The van der Waals surface area contributed by atoms with Gasteiger partial charge in [-0.2, -0.15) is 0 Å². The summed E-state index contributed by atoms with van der Waals surface area (Å²) in [5.74, 6) is -0.0648. The normalized spacial score (nSPS) is 14.0. The fraction of sp³-hybridized carbons (Fsp3) is 0.300. The Labute approximate surface area is 169 Å². The number of rotatable bonds is 7. The zero-order valence-corrected chi connectivity index (χ0v) is 17.1. The van der Waals surface area contributed by atoms with Gasteiger partial charge in [-0.1, -0.05) is 0 Å². The summed E-state index contributed by atoms with van der Waals surface area (Å²) in [6.45, 7) is 2.84. The average molecular weight is 417 g/mol. The molecule has 0 saturated carbocycles. The third-order valence-corrected chi connectivity index (χ3v) is 5.95. The van der Waals surface area contributed by atoms with Crippen molar-refractivity contribution in [3.05, 3.63) is 48.0 Å². The van der Waals surface area contributed by atoms with E-state index in [-0.39, 0.29) is 22.1 Å². The zero-order chi connectivity index (χ0) is 21.0. The maximum absolute atomic E-state index is 12.8. The lowest BCUT2D eigenvalue weighted by Gasteiger charge is -2.16. The number of carbonyl (C=O) groups excluding carboxylic acids is 2. The van der Waals surface area contributed by atoms with Crippen LogP contribution in [0.15, 0.2) is 47.4 Å². The van der Waals surface area contributed by atoms with Gasteiger partial charge < -0.3 is 15.0 Å². The molecule has 2 aromatic rings. The summed E-state index contributed by atoms with van der Waals surface area (Å²) in [5, 5.41) is 2.64. The first kappa shape index (κ1) is 20.7. The Bertz CT molecular complexity index is 1020. The lowest BCUT2D eigenvalue weighted by atomic mass is 10.2. The third-order valence-electron chi connectivity index (χ3n) is 4.57. The Balaban J connectivity index is 1.83. The SMILES string of the molecule is CCNC(=O)c1cc(S(=O)(=O)Nc2ccc(N3CCCC3=O)cc2)ccc1OC. The molecule has 0 spiro atoms. The molecule has 0 unspecified atom stereocenters. The lowest BCUT2D eigenvalue weighted by molar-refractivity contribution is -0.117. The fourth-order valence-electron chi connectivity index (χ4n) is 3.13. The van der Waals surface area contributed by atoms with Crippen LogP contribution < -0.4 is 19.7 Å². The minimum absolute atomic E-state index is 0.0571. The molecule has 1 fully saturated rings. The number of amides is 2. The van der Waals surface area contributed by atoms with Crippen LogP contribution >= 0.6 is 0 Å². The number of anilines is 2. The number of methoxy groups -OCH3 is 1. The van der Waals surface area contributed by atoms with E-state index in [4.69, 9.17) is 4.74 Å². The topological polar surface area (TPSA) is 105 Å². The van der Waals surface area contributed by atoms with Crippen LogP contribution in [0.3, 0.4) is 0 Å². The van der Waals surface area contributed by atoms with Gasteiger partial charge in [0, 0.05) is 30.9 Å². The van der Waals surface area contributed by atoms with Gasteiger partial charge in [-0.25, -0.2) is 8.42 Å². The Hall–Kier alpha value is -3.07. The van der Waals surface area contributed by atoms with Gasteiger partial charge in [-0.3, -0.25) is 14.3 Å². The number of sulfonamides is 1. The van der Waals surface area contributed by atoms with Crippen LogP contribution in [-0.2, 0) is 14.8 Å². The maximum atomic E-state index is 12.8. The molecule has 29 heavy (non-hydrogen) atoms. The Kier molecular flexibility index (Phi) is 6.07. The molecule has 1 aliphatic rings. The molecule has 0 bridgehead atoms. The van der Waals surface area contributed by atoms with E-state index in [1.54, 1.807) is 36.1 Å². The highest BCUT2D eigenvalue weighted by atomic mass is 32.2. The number of nitrogens with zero attached hydrogens (tertiary/aromatic N) is 1. The third kappa shape index (κ3) is 4.51. The van der Waals surface area contributed by atoms with Gasteiger partial charge in [0.15, 0.2) is 0 Å². The van der Waals surface area contributed by atoms with Crippen molar-refractivity contribution in [2.45, 2.75) is 24.7 Å². The van der Waals surface area contributed by atoms with Crippen molar-refractivity contribution in [3.8, 4) is 5.75 Å². The number of benzene rings is 2. The summed E-state index contributed by atoms with van der Waals surface area (Å²) in [6, 6.07) is 10.7. The minimum Gasteiger partial charge on any atom is -0.496 e. The molecule has 2 aromatic carbocycles. The second-order valence-electron chi connectivity index (χ2n) is 6.52. The van der Waals surface area contributed by atoms with Gasteiger partial charge >= 0.3 is 0 Å². The molecule has 1 saturated heterocycles. The van der Waals surface area contributed by atoms with E-state index < -0.39 is 15.9 Å². The van der Waals surface area contributed by atoms with E-state index in [9.17, 15) is 18.0 Å². The highest BCUT2D eigenvalue weighted by Crippen LogP contribution is 2.26. The molecule has 1 aliphatic heterocycles. The Morgan fingerprint density at radius 1 is 1.17 bits per heavy atom. The smallest absolute Gasteiger partial charge is 0.261 e. The fourth-order valence-corrected chi connectivity index (χ4v) is 4.22. The highest BCUT2D eigenvalue weighted by molar-refractivity contribution is 7.92. The van der Waals surface area contributed by atoms with Crippen LogP contribution in [-0.4, -0.2) is 40.4 Å². The molecule has 154 valence electrons. The highest BCUT2D eigenvalue weighted by Gasteiger charge is 2.22. The summed E-state index contributed by atoms with van der Waals surface area (Å²) < 4.78 is 33.2. The summed E-state index contributed by atoms with van der Waals surface area (Å²) in [5.41, 5.74) is 1.23. The summed E-state index contributed by atoms with van der Waals surface area (Å²) in [4.78, 5) is 25.7. The number of carbonyl (C=O) groups is 2. The van der Waals surface area contributed by atoms with Crippen molar-refractivity contribution in [3.63, 3.8) is 0 Å².